The number of carbonyl (C=O) groups excluding carboxylic acids is 1. The lowest BCUT2D eigenvalue weighted by molar-refractivity contribution is -0.141. The number of rotatable bonds is 7. The number of aliphatic carboxylic acids is 1. The molecule has 4 aliphatic rings. The van der Waals surface area contributed by atoms with E-state index in [1.807, 2.05) is 13.8 Å². The summed E-state index contributed by atoms with van der Waals surface area (Å²) in [6, 6.07) is 2.11. The molecule has 1 aliphatic heterocycles. The first-order valence-electron chi connectivity index (χ1n) is 12.8. The fourth-order valence-corrected chi connectivity index (χ4v) is 6.50. The molecular formula is C28H36FNO4. The normalized spacial score (nSPS) is 30.6. The molecule has 0 radical (unpaired) electrons. The van der Waals surface area contributed by atoms with Gasteiger partial charge < -0.3 is 14.7 Å². The van der Waals surface area contributed by atoms with Crippen molar-refractivity contribution in [2.75, 3.05) is 13.2 Å². The third-order valence-electron chi connectivity index (χ3n) is 8.52. The number of hydrogen-bond donors (Lipinski definition) is 1. The number of hydrogen-bond acceptors (Lipinski definition) is 3. The van der Waals surface area contributed by atoms with Gasteiger partial charge in [-0.3, -0.25) is 4.79 Å². The summed E-state index contributed by atoms with van der Waals surface area (Å²) in [5.41, 5.74) is 2.49. The number of fused-ring (bicyclic) bond motifs is 2. The first kappa shape index (κ1) is 23.4. The van der Waals surface area contributed by atoms with E-state index in [-0.39, 0.29) is 28.7 Å². The number of carboxylic acid groups (broad SMARTS) is 1. The van der Waals surface area contributed by atoms with Gasteiger partial charge in [-0.05, 0) is 80.2 Å². The fourth-order valence-electron chi connectivity index (χ4n) is 6.50. The van der Waals surface area contributed by atoms with Gasteiger partial charge in [-0.15, -0.1) is 0 Å². The number of amides is 1. The van der Waals surface area contributed by atoms with Crippen molar-refractivity contribution in [3.05, 3.63) is 40.7 Å². The molecule has 1 heterocycles. The Bertz CT molecular complexity index is 1030. The van der Waals surface area contributed by atoms with Crippen molar-refractivity contribution in [1.29, 1.82) is 0 Å². The monoisotopic (exact) mass is 469 g/mol. The molecular weight excluding hydrogens is 433 g/mol. The van der Waals surface area contributed by atoms with E-state index >= 15 is 4.39 Å². The van der Waals surface area contributed by atoms with Gasteiger partial charge in [-0.2, -0.15) is 0 Å². The molecule has 0 spiro atoms. The van der Waals surface area contributed by atoms with Crippen molar-refractivity contribution in [2.45, 2.75) is 77.7 Å². The van der Waals surface area contributed by atoms with E-state index in [4.69, 9.17) is 4.74 Å². The summed E-state index contributed by atoms with van der Waals surface area (Å²) in [4.78, 5) is 26.6. The highest BCUT2D eigenvalue weighted by Crippen LogP contribution is 2.51. The summed E-state index contributed by atoms with van der Waals surface area (Å²) in [5, 5.41) is 9.70. The Labute approximate surface area is 201 Å². The number of ether oxygens (including phenoxy) is 1. The lowest BCUT2D eigenvalue weighted by atomic mass is 9.72. The number of carboxylic acids is 1. The Kier molecular flexibility index (Phi) is 5.97. The topological polar surface area (TPSA) is 66.8 Å². The van der Waals surface area contributed by atoms with Crippen molar-refractivity contribution in [3.63, 3.8) is 0 Å². The van der Waals surface area contributed by atoms with Crippen LogP contribution >= 0.6 is 0 Å². The molecule has 2 unspecified atom stereocenters. The third-order valence-corrected chi connectivity index (χ3v) is 8.52. The quantitative estimate of drug-likeness (QED) is 0.513. The van der Waals surface area contributed by atoms with E-state index in [9.17, 15) is 14.7 Å². The SMILES string of the molecule is CC1CC2=CCC(COc3cc(F)c(C(=O)N4C[C@H](C(C)C)C[C@H]4C(=O)O)cc3C3CC3)(C2)C1. The average molecular weight is 470 g/mol. The summed E-state index contributed by atoms with van der Waals surface area (Å²) in [5.74, 6) is -0.344. The summed E-state index contributed by atoms with van der Waals surface area (Å²) < 4.78 is 21.6. The highest BCUT2D eigenvalue weighted by molar-refractivity contribution is 5.97. The van der Waals surface area contributed by atoms with Crippen LogP contribution in [0.5, 0.6) is 5.75 Å². The highest BCUT2D eigenvalue weighted by atomic mass is 19.1. The van der Waals surface area contributed by atoms with E-state index in [2.05, 4.69) is 13.0 Å². The van der Waals surface area contributed by atoms with E-state index < -0.39 is 23.7 Å². The Morgan fingerprint density at radius 3 is 2.74 bits per heavy atom. The molecule has 3 fully saturated rings. The van der Waals surface area contributed by atoms with Gasteiger partial charge in [-0.25, -0.2) is 9.18 Å². The molecule has 4 atom stereocenters. The predicted molar refractivity (Wildman–Crippen MR) is 127 cm³/mol. The van der Waals surface area contributed by atoms with Crippen LogP contribution in [0.4, 0.5) is 4.39 Å². The van der Waals surface area contributed by atoms with Crippen LogP contribution in [-0.2, 0) is 4.79 Å². The minimum absolute atomic E-state index is 0.0285. The molecule has 1 amide bonds. The van der Waals surface area contributed by atoms with Gasteiger partial charge in [0.15, 0.2) is 0 Å². The Morgan fingerprint density at radius 2 is 2.06 bits per heavy atom. The van der Waals surface area contributed by atoms with E-state index in [0.717, 1.165) is 37.7 Å². The van der Waals surface area contributed by atoms with Crippen LogP contribution in [0.15, 0.2) is 23.8 Å². The number of benzene rings is 1. The largest absolute Gasteiger partial charge is 0.493 e. The smallest absolute Gasteiger partial charge is 0.326 e. The molecule has 3 aliphatic carbocycles. The number of halogens is 1. The Hall–Kier alpha value is -2.37. The predicted octanol–water partition coefficient (Wildman–Crippen LogP) is 5.79. The van der Waals surface area contributed by atoms with Crippen LogP contribution in [0.2, 0.25) is 0 Å². The van der Waals surface area contributed by atoms with Crippen LogP contribution < -0.4 is 4.74 Å². The minimum Gasteiger partial charge on any atom is -0.493 e. The van der Waals surface area contributed by atoms with Crippen molar-refractivity contribution in [3.8, 4) is 5.75 Å². The van der Waals surface area contributed by atoms with Crippen LogP contribution in [0.1, 0.15) is 87.6 Å². The van der Waals surface area contributed by atoms with Gasteiger partial charge in [0.2, 0.25) is 0 Å². The molecule has 0 aromatic heterocycles. The first-order valence-corrected chi connectivity index (χ1v) is 12.8. The zero-order chi connectivity index (χ0) is 24.2. The second-order valence-corrected chi connectivity index (χ2v) is 11.7. The second kappa shape index (κ2) is 8.69. The van der Waals surface area contributed by atoms with Gasteiger partial charge in [0, 0.05) is 18.0 Å². The first-order chi connectivity index (χ1) is 16.2. The van der Waals surface area contributed by atoms with Crippen LogP contribution in [0.3, 0.4) is 0 Å². The van der Waals surface area contributed by atoms with Gasteiger partial charge in [-0.1, -0.05) is 32.4 Å². The fraction of sp³-hybridized carbons (Fsp3) is 0.643. The molecule has 5 rings (SSSR count). The molecule has 2 saturated carbocycles. The molecule has 1 aromatic rings. The van der Waals surface area contributed by atoms with Gasteiger partial charge in [0.05, 0.1) is 12.2 Å². The number of likely N-dealkylation sites (tertiary alicyclic amines) is 1. The minimum atomic E-state index is -1.02. The van der Waals surface area contributed by atoms with Crippen molar-refractivity contribution in [2.24, 2.45) is 23.2 Å². The van der Waals surface area contributed by atoms with E-state index in [0.29, 0.717) is 31.2 Å². The Balaban J connectivity index is 1.38. The zero-order valence-corrected chi connectivity index (χ0v) is 20.5. The maximum Gasteiger partial charge on any atom is 0.326 e. The highest BCUT2D eigenvalue weighted by Gasteiger charge is 2.43. The van der Waals surface area contributed by atoms with Crippen LogP contribution in [0, 0.1) is 29.0 Å². The number of allylic oxidation sites excluding steroid dienone is 2. The number of nitrogens with zero attached hydrogens (tertiary/aromatic N) is 1. The van der Waals surface area contributed by atoms with Crippen molar-refractivity contribution < 1.29 is 23.8 Å². The van der Waals surface area contributed by atoms with Gasteiger partial charge in [0.1, 0.15) is 17.6 Å². The van der Waals surface area contributed by atoms with Gasteiger partial charge >= 0.3 is 5.97 Å². The van der Waals surface area contributed by atoms with E-state index in [1.165, 1.54) is 23.0 Å². The molecule has 1 saturated heterocycles. The van der Waals surface area contributed by atoms with Crippen molar-refractivity contribution >= 4 is 11.9 Å². The lowest BCUT2D eigenvalue weighted by Gasteiger charge is -2.36. The molecule has 34 heavy (non-hydrogen) atoms. The maximum atomic E-state index is 15.3. The van der Waals surface area contributed by atoms with E-state index in [1.54, 1.807) is 6.07 Å². The Morgan fingerprint density at radius 1 is 1.29 bits per heavy atom. The molecule has 6 heteroatoms. The van der Waals surface area contributed by atoms with Crippen LogP contribution in [-0.4, -0.2) is 41.1 Å². The maximum absolute atomic E-state index is 15.3. The van der Waals surface area contributed by atoms with Crippen molar-refractivity contribution in [1.82, 2.24) is 4.90 Å². The number of carbonyl (C=O) groups is 2. The van der Waals surface area contributed by atoms with Gasteiger partial charge in [0.25, 0.3) is 5.91 Å². The molecule has 1 aromatic carbocycles. The standard InChI is InChI=1S/C28H36FNO4/c1-16(2)20-9-24(27(32)33)30(14-20)26(31)22-10-21(19-4-5-19)25(11-23(22)29)34-15-28-7-6-18(13-28)8-17(3)12-28/h6,10-11,16-17,19-20,24H,4-5,7-9,12-15H2,1-3H3,(H,32,33)/t17?,20-,24+,28?/m1/s1. The summed E-state index contributed by atoms with van der Waals surface area (Å²) >= 11 is 0. The molecule has 1 N–H and O–H groups in total. The molecule has 5 nitrogen and oxygen atoms in total. The summed E-state index contributed by atoms with van der Waals surface area (Å²) in [6.07, 6.45) is 9.15. The average Bonchev–Trinajstić information content (AvgIpc) is 3.43. The molecule has 184 valence electrons. The van der Waals surface area contributed by atoms with Crippen LogP contribution in [0.25, 0.3) is 0 Å². The summed E-state index contributed by atoms with van der Waals surface area (Å²) in [6.45, 7) is 7.26. The third kappa shape index (κ3) is 4.36. The zero-order valence-electron chi connectivity index (χ0n) is 20.5. The summed E-state index contributed by atoms with van der Waals surface area (Å²) in [7, 11) is 0. The second-order valence-electron chi connectivity index (χ2n) is 11.7. The lowest BCUT2D eigenvalue weighted by Crippen LogP contribution is -2.41. The molecule has 2 bridgehead atoms.